The van der Waals surface area contributed by atoms with Gasteiger partial charge >= 0.3 is 0 Å². The molecular weight excluding hydrogens is 412 g/mol. The highest BCUT2D eigenvalue weighted by atomic mass is 16.3. The molecule has 7 heteroatoms. The van der Waals surface area contributed by atoms with Crippen molar-refractivity contribution in [2.24, 2.45) is 4.99 Å². The number of aliphatic hydroxyl groups is 1. The summed E-state index contributed by atoms with van der Waals surface area (Å²) in [6.45, 7) is 8.56. The van der Waals surface area contributed by atoms with E-state index in [1.807, 2.05) is 12.3 Å². The lowest BCUT2D eigenvalue weighted by molar-refractivity contribution is 0.0563. The third-order valence-electron chi connectivity index (χ3n) is 7.73. The minimum absolute atomic E-state index is 0.224. The van der Waals surface area contributed by atoms with Crippen LogP contribution in [-0.4, -0.2) is 101 Å². The number of fused-ring (bicyclic) bond motifs is 1. The predicted octanol–water partition coefficient (Wildman–Crippen LogP) is 2.41. The van der Waals surface area contributed by atoms with Crippen LogP contribution in [0.3, 0.4) is 0 Å². The average Bonchev–Trinajstić information content (AvgIpc) is 3.28. The van der Waals surface area contributed by atoms with Crippen molar-refractivity contribution in [3.05, 3.63) is 53.6 Å². The normalized spacial score (nSPS) is 28.6. The smallest absolute Gasteiger partial charge is 0.129 e. The molecule has 4 aliphatic rings. The third kappa shape index (κ3) is 4.59. The fraction of sp³-hybridized carbons (Fsp3) is 0.615. The van der Waals surface area contributed by atoms with Gasteiger partial charge in [-0.2, -0.15) is 0 Å². The maximum absolute atomic E-state index is 9.62. The van der Waals surface area contributed by atoms with E-state index in [2.05, 4.69) is 57.9 Å². The van der Waals surface area contributed by atoms with Crippen LogP contribution in [0.15, 0.2) is 47.4 Å². The summed E-state index contributed by atoms with van der Waals surface area (Å²) in [5.74, 6) is 2.41. The highest BCUT2D eigenvalue weighted by molar-refractivity contribution is 5.97. The summed E-state index contributed by atoms with van der Waals surface area (Å²) in [7, 11) is 2.20. The Morgan fingerprint density at radius 1 is 1.15 bits per heavy atom. The van der Waals surface area contributed by atoms with Crippen molar-refractivity contribution >= 4 is 5.84 Å². The third-order valence-corrected chi connectivity index (χ3v) is 7.73. The number of likely N-dealkylation sites (N-methyl/N-ethyl adjacent to an activating group) is 1. The number of nitrogens with zero attached hydrogens (tertiary/aromatic N) is 6. The van der Waals surface area contributed by atoms with Gasteiger partial charge in [-0.1, -0.05) is 12.1 Å². The van der Waals surface area contributed by atoms with E-state index in [1.54, 1.807) is 0 Å². The van der Waals surface area contributed by atoms with Gasteiger partial charge in [0.1, 0.15) is 11.7 Å². The Bertz CT molecular complexity index is 919. The molecule has 5 heterocycles. The van der Waals surface area contributed by atoms with Crippen molar-refractivity contribution in [1.29, 1.82) is 0 Å². The van der Waals surface area contributed by atoms with Gasteiger partial charge in [0.25, 0.3) is 0 Å². The molecule has 4 aliphatic heterocycles. The zero-order valence-corrected chi connectivity index (χ0v) is 20.1. The summed E-state index contributed by atoms with van der Waals surface area (Å²) in [6, 6.07) is 5.11. The first-order chi connectivity index (χ1) is 16.2. The first-order valence-electron chi connectivity index (χ1n) is 12.6. The molecule has 1 aromatic rings. The first kappa shape index (κ1) is 22.6. The quantitative estimate of drug-likeness (QED) is 0.718. The van der Waals surface area contributed by atoms with Crippen molar-refractivity contribution < 1.29 is 5.11 Å². The molecule has 0 saturated carbocycles. The van der Waals surface area contributed by atoms with Crippen LogP contribution in [-0.2, 0) is 0 Å². The van der Waals surface area contributed by atoms with Gasteiger partial charge in [-0.25, -0.2) is 0 Å². The molecule has 1 N–H and O–H groups in total. The number of hydrogen-bond donors (Lipinski definition) is 1. The van der Waals surface area contributed by atoms with Crippen LogP contribution in [0.2, 0.25) is 0 Å². The standard InChI is InChI=1S/C26H38N6O/c1-20-7-5-12-27-26(20)23-9-3-8-22(31(23)13-6-18-33)21-19-32-24(28-21)10-4-11-25(32)30-16-14-29(2)15-17-30/h4-5,7,10-12,21-23,33H,3,6,8-9,13-19H2,1-2H3/t21?,22-,23+/m1/s1. The van der Waals surface area contributed by atoms with Gasteiger partial charge in [0.15, 0.2) is 0 Å². The molecule has 178 valence electrons. The number of piperazine rings is 1. The SMILES string of the molecule is Cc1cccnc1[C@@H]1CCC[C@H](C2CN3C(N4CCN(C)CC4)=CC=CC3=N2)N1CCCO. The minimum Gasteiger partial charge on any atom is -0.396 e. The first-order valence-corrected chi connectivity index (χ1v) is 12.6. The molecule has 0 spiro atoms. The monoisotopic (exact) mass is 450 g/mol. The summed E-state index contributed by atoms with van der Waals surface area (Å²) < 4.78 is 0. The highest BCUT2D eigenvalue weighted by Crippen LogP contribution is 2.38. The Hall–Kier alpha value is -2.22. The van der Waals surface area contributed by atoms with Gasteiger partial charge in [0.05, 0.1) is 17.8 Å². The number of hydrogen-bond acceptors (Lipinski definition) is 7. The summed E-state index contributed by atoms with van der Waals surface area (Å²) in [5, 5.41) is 9.62. The van der Waals surface area contributed by atoms with Crippen LogP contribution in [0.1, 0.15) is 43.0 Å². The zero-order valence-electron chi connectivity index (χ0n) is 20.1. The number of amidine groups is 1. The Balaban J connectivity index is 1.37. The summed E-state index contributed by atoms with van der Waals surface area (Å²) >= 11 is 0. The second kappa shape index (κ2) is 9.95. The van der Waals surface area contributed by atoms with Crippen molar-refractivity contribution in [3.8, 4) is 0 Å². The topological polar surface area (TPSA) is 58.4 Å². The molecule has 0 aromatic carbocycles. The molecular formula is C26H38N6O. The number of aromatic nitrogens is 1. The van der Waals surface area contributed by atoms with Crippen molar-refractivity contribution in [3.63, 3.8) is 0 Å². The van der Waals surface area contributed by atoms with Crippen molar-refractivity contribution in [2.75, 3.05) is 52.9 Å². The lowest BCUT2D eigenvalue weighted by Gasteiger charge is -2.44. The molecule has 2 fully saturated rings. The highest BCUT2D eigenvalue weighted by Gasteiger charge is 2.41. The predicted molar refractivity (Wildman–Crippen MR) is 132 cm³/mol. The second-order valence-corrected chi connectivity index (χ2v) is 9.87. The molecule has 2 saturated heterocycles. The summed E-state index contributed by atoms with van der Waals surface area (Å²) in [6.07, 6.45) is 12.8. The number of aliphatic hydroxyl groups excluding tert-OH is 1. The number of pyridine rings is 1. The number of aliphatic imine (C=N–C) groups is 1. The van der Waals surface area contributed by atoms with Crippen LogP contribution >= 0.6 is 0 Å². The van der Waals surface area contributed by atoms with E-state index in [0.29, 0.717) is 12.1 Å². The fourth-order valence-electron chi connectivity index (χ4n) is 5.95. The van der Waals surface area contributed by atoms with Gasteiger partial charge < -0.3 is 19.8 Å². The average molecular weight is 451 g/mol. The maximum atomic E-state index is 9.62. The second-order valence-electron chi connectivity index (χ2n) is 9.87. The Morgan fingerprint density at radius 3 is 2.79 bits per heavy atom. The lowest BCUT2D eigenvalue weighted by Crippen LogP contribution is -2.51. The van der Waals surface area contributed by atoms with E-state index in [9.17, 15) is 5.11 Å². The lowest BCUT2D eigenvalue weighted by atomic mass is 9.88. The molecule has 7 nitrogen and oxygen atoms in total. The number of likely N-dealkylation sites (tertiary alicyclic amines) is 1. The molecule has 0 aliphatic carbocycles. The van der Waals surface area contributed by atoms with E-state index in [4.69, 9.17) is 9.98 Å². The number of piperidine rings is 1. The van der Waals surface area contributed by atoms with Gasteiger partial charge in [-0.3, -0.25) is 14.9 Å². The van der Waals surface area contributed by atoms with Crippen LogP contribution in [0.5, 0.6) is 0 Å². The molecule has 0 radical (unpaired) electrons. The molecule has 1 unspecified atom stereocenters. The number of allylic oxidation sites excluding steroid dienone is 2. The van der Waals surface area contributed by atoms with Crippen LogP contribution in [0, 0.1) is 6.92 Å². The van der Waals surface area contributed by atoms with E-state index in [-0.39, 0.29) is 12.6 Å². The largest absolute Gasteiger partial charge is 0.396 e. The maximum Gasteiger partial charge on any atom is 0.129 e. The molecule has 0 amide bonds. The van der Waals surface area contributed by atoms with Crippen LogP contribution in [0.4, 0.5) is 0 Å². The summed E-state index contributed by atoms with van der Waals surface area (Å²) in [4.78, 5) is 20.0. The van der Waals surface area contributed by atoms with Crippen molar-refractivity contribution in [2.45, 2.75) is 50.7 Å². The molecule has 5 rings (SSSR count). The number of rotatable bonds is 6. The molecule has 33 heavy (non-hydrogen) atoms. The molecule has 0 bridgehead atoms. The zero-order chi connectivity index (χ0) is 22.8. The Kier molecular flexibility index (Phi) is 6.81. The van der Waals surface area contributed by atoms with E-state index >= 15 is 0 Å². The summed E-state index contributed by atoms with van der Waals surface area (Å²) in [5.41, 5.74) is 2.46. The van der Waals surface area contributed by atoms with Gasteiger partial charge in [-0.15, -0.1) is 0 Å². The van der Waals surface area contributed by atoms with Crippen LogP contribution in [0.25, 0.3) is 0 Å². The Labute approximate surface area is 198 Å². The van der Waals surface area contributed by atoms with Crippen molar-refractivity contribution in [1.82, 2.24) is 24.6 Å². The Morgan fingerprint density at radius 2 is 2.00 bits per heavy atom. The number of aryl methyl sites for hydroxylation is 1. The molecule has 3 atom stereocenters. The van der Waals surface area contributed by atoms with Gasteiger partial charge in [0.2, 0.25) is 0 Å². The minimum atomic E-state index is 0.224. The van der Waals surface area contributed by atoms with E-state index in [1.165, 1.54) is 23.5 Å². The van der Waals surface area contributed by atoms with Gasteiger partial charge in [0, 0.05) is 58.1 Å². The van der Waals surface area contributed by atoms with E-state index in [0.717, 1.165) is 64.4 Å². The fourth-order valence-corrected chi connectivity index (χ4v) is 5.95. The van der Waals surface area contributed by atoms with E-state index < -0.39 is 0 Å². The van der Waals surface area contributed by atoms with Gasteiger partial charge in [-0.05, 0) is 63.4 Å². The molecule has 1 aromatic heterocycles. The van der Waals surface area contributed by atoms with Crippen LogP contribution < -0.4 is 0 Å².